The Morgan fingerprint density at radius 2 is 2.04 bits per heavy atom. The quantitative estimate of drug-likeness (QED) is 0.711. The van der Waals surface area contributed by atoms with Gasteiger partial charge in [0.25, 0.3) is 5.91 Å². The van der Waals surface area contributed by atoms with Crippen molar-refractivity contribution < 1.29 is 18.5 Å². The molecule has 0 unspecified atom stereocenters. The molecule has 0 saturated heterocycles. The third-order valence-corrected chi connectivity index (χ3v) is 4.10. The van der Waals surface area contributed by atoms with Crippen molar-refractivity contribution >= 4 is 23.6 Å². The van der Waals surface area contributed by atoms with E-state index >= 15 is 0 Å². The van der Waals surface area contributed by atoms with E-state index in [0.717, 1.165) is 17.0 Å². The molecule has 0 spiro atoms. The van der Waals surface area contributed by atoms with E-state index in [1.54, 1.807) is 12.1 Å². The SMILES string of the molecule is Cc1noc(C)c1CSCC(=O)NCCNC(=O)c1ccco1. The first-order valence-corrected chi connectivity index (χ1v) is 8.31. The Bertz CT molecular complexity index is 632. The van der Waals surface area contributed by atoms with Crippen LogP contribution in [-0.2, 0) is 10.5 Å². The fraction of sp³-hybridized carbons (Fsp3) is 0.400. The Hall–Kier alpha value is -2.22. The second-order valence-electron chi connectivity index (χ2n) is 4.88. The molecule has 2 rings (SSSR count). The summed E-state index contributed by atoms with van der Waals surface area (Å²) in [5, 5.41) is 9.28. The number of hydrogen-bond acceptors (Lipinski definition) is 6. The van der Waals surface area contributed by atoms with Crippen LogP contribution in [0.2, 0.25) is 0 Å². The molecule has 0 radical (unpaired) electrons. The molecule has 8 heteroatoms. The smallest absolute Gasteiger partial charge is 0.287 e. The summed E-state index contributed by atoms with van der Waals surface area (Å²) < 4.78 is 10.0. The first-order chi connectivity index (χ1) is 11.1. The van der Waals surface area contributed by atoms with Crippen LogP contribution in [0.1, 0.15) is 27.6 Å². The van der Waals surface area contributed by atoms with E-state index in [1.165, 1.54) is 18.0 Å². The van der Waals surface area contributed by atoms with Crippen LogP contribution in [-0.4, -0.2) is 35.8 Å². The summed E-state index contributed by atoms with van der Waals surface area (Å²) in [7, 11) is 0. The zero-order chi connectivity index (χ0) is 16.7. The Morgan fingerprint density at radius 3 is 2.70 bits per heavy atom. The first kappa shape index (κ1) is 17.1. The lowest BCUT2D eigenvalue weighted by atomic mass is 10.2. The van der Waals surface area contributed by atoms with Gasteiger partial charge >= 0.3 is 0 Å². The molecule has 0 bridgehead atoms. The molecule has 0 fully saturated rings. The summed E-state index contributed by atoms with van der Waals surface area (Å²) in [4.78, 5) is 23.3. The molecule has 7 nitrogen and oxygen atoms in total. The summed E-state index contributed by atoms with van der Waals surface area (Å²) >= 11 is 1.50. The normalized spacial score (nSPS) is 10.5. The molecule has 0 saturated carbocycles. The van der Waals surface area contributed by atoms with E-state index in [1.807, 2.05) is 13.8 Å². The number of thioether (sulfide) groups is 1. The molecular weight excluding hydrogens is 318 g/mol. The number of aryl methyl sites for hydroxylation is 2. The predicted molar refractivity (Wildman–Crippen MR) is 86.2 cm³/mol. The molecule has 0 aliphatic heterocycles. The maximum Gasteiger partial charge on any atom is 0.287 e. The van der Waals surface area contributed by atoms with Gasteiger partial charge in [-0.25, -0.2) is 0 Å². The lowest BCUT2D eigenvalue weighted by Gasteiger charge is -2.06. The van der Waals surface area contributed by atoms with Gasteiger partial charge in [0.1, 0.15) is 5.76 Å². The molecule has 2 heterocycles. The zero-order valence-electron chi connectivity index (χ0n) is 13.0. The average Bonchev–Trinajstić information content (AvgIpc) is 3.16. The molecule has 2 aromatic rings. The third kappa shape index (κ3) is 5.17. The number of hydrogen-bond donors (Lipinski definition) is 2. The molecule has 2 aromatic heterocycles. The van der Waals surface area contributed by atoms with Gasteiger partial charge in [-0.3, -0.25) is 9.59 Å². The highest BCUT2D eigenvalue weighted by Crippen LogP contribution is 2.19. The number of aromatic nitrogens is 1. The Balaban J connectivity index is 1.58. The number of nitrogens with one attached hydrogen (secondary N) is 2. The average molecular weight is 337 g/mol. The van der Waals surface area contributed by atoms with Crippen LogP contribution in [0.3, 0.4) is 0 Å². The van der Waals surface area contributed by atoms with Crippen molar-refractivity contribution in [3.05, 3.63) is 41.2 Å². The lowest BCUT2D eigenvalue weighted by molar-refractivity contribution is -0.118. The highest BCUT2D eigenvalue weighted by atomic mass is 32.2. The highest BCUT2D eigenvalue weighted by molar-refractivity contribution is 7.99. The zero-order valence-corrected chi connectivity index (χ0v) is 13.9. The lowest BCUT2D eigenvalue weighted by Crippen LogP contribution is -2.35. The van der Waals surface area contributed by atoms with Crippen molar-refractivity contribution in [3.8, 4) is 0 Å². The summed E-state index contributed by atoms with van der Waals surface area (Å²) in [5.74, 6) is 1.70. The minimum atomic E-state index is -0.294. The Kier molecular flexibility index (Phi) is 6.28. The van der Waals surface area contributed by atoms with Crippen LogP contribution in [0.4, 0.5) is 0 Å². The van der Waals surface area contributed by atoms with E-state index in [-0.39, 0.29) is 17.6 Å². The summed E-state index contributed by atoms with van der Waals surface area (Å²) in [6.07, 6.45) is 1.44. The molecule has 0 atom stereocenters. The van der Waals surface area contributed by atoms with Gasteiger partial charge in [0.2, 0.25) is 5.91 Å². The fourth-order valence-corrected chi connectivity index (χ4v) is 2.88. The first-order valence-electron chi connectivity index (χ1n) is 7.16. The molecule has 0 aromatic carbocycles. The number of amides is 2. The molecule has 2 amide bonds. The Morgan fingerprint density at radius 1 is 1.26 bits per heavy atom. The van der Waals surface area contributed by atoms with Crippen molar-refractivity contribution in [1.29, 1.82) is 0 Å². The van der Waals surface area contributed by atoms with Gasteiger partial charge in [-0.15, -0.1) is 11.8 Å². The fourth-order valence-electron chi connectivity index (χ4n) is 1.88. The van der Waals surface area contributed by atoms with Crippen molar-refractivity contribution in [2.24, 2.45) is 0 Å². The number of furan rings is 1. The Labute approximate surface area is 138 Å². The minimum Gasteiger partial charge on any atom is -0.459 e. The molecule has 0 aliphatic rings. The van der Waals surface area contributed by atoms with E-state index < -0.39 is 0 Å². The van der Waals surface area contributed by atoms with Crippen molar-refractivity contribution in [2.45, 2.75) is 19.6 Å². The largest absolute Gasteiger partial charge is 0.459 e. The van der Waals surface area contributed by atoms with E-state index in [0.29, 0.717) is 24.6 Å². The van der Waals surface area contributed by atoms with E-state index in [9.17, 15) is 9.59 Å². The van der Waals surface area contributed by atoms with Crippen LogP contribution in [0.25, 0.3) is 0 Å². The summed E-state index contributed by atoms with van der Waals surface area (Å²) in [5.41, 5.74) is 1.89. The van der Waals surface area contributed by atoms with E-state index in [2.05, 4.69) is 15.8 Å². The molecule has 2 N–H and O–H groups in total. The van der Waals surface area contributed by atoms with Gasteiger partial charge < -0.3 is 19.6 Å². The van der Waals surface area contributed by atoms with Crippen LogP contribution in [0, 0.1) is 13.8 Å². The topological polar surface area (TPSA) is 97.4 Å². The van der Waals surface area contributed by atoms with Crippen molar-refractivity contribution in [3.63, 3.8) is 0 Å². The second-order valence-corrected chi connectivity index (χ2v) is 5.86. The van der Waals surface area contributed by atoms with Gasteiger partial charge in [0.15, 0.2) is 5.76 Å². The minimum absolute atomic E-state index is 0.0750. The maximum absolute atomic E-state index is 11.7. The van der Waals surface area contributed by atoms with E-state index in [4.69, 9.17) is 8.94 Å². The molecular formula is C15H19N3O4S. The maximum atomic E-state index is 11.7. The highest BCUT2D eigenvalue weighted by Gasteiger charge is 2.10. The van der Waals surface area contributed by atoms with Crippen molar-refractivity contribution in [1.82, 2.24) is 15.8 Å². The monoisotopic (exact) mass is 337 g/mol. The summed E-state index contributed by atoms with van der Waals surface area (Å²) in [6, 6.07) is 3.23. The second kappa shape index (κ2) is 8.42. The van der Waals surface area contributed by atoms with Crippen LogP contribution >= 0.6 is 11.8 Å². The van der Waals surface area contributed by atoms with Crippen molar-refractivity contribution in [2.75, 3.05) is 18.8 Å². The van der Waals surface area contributed by atoms with Crippen LogP contribution in [0.5, 0.6) is 0 Å². The van der Waals surface area contributed by atoms with Gasteiger partial charge in [-0.2, -0.15) is 0 Å². The summed E-state index contributed by atoms with van der Waals surface area (Å²) in [6.45, 7) is 4.46. The number of carbonyl (C=O) groups excluding carboxylic acids is 2. The molecule has 23 heavy (non-hydrogen) atoms. The van der Waals surface area contributed by atoms with Gasteiger partial charge in [0, 0.05) is 24.4 Å². The number of carbonyl (C=O) groups is 2. The molecule has 0 aliphatic carbocycles. The molecule has 124 valence electrons. The standard InChI is InChI=1S/C15H19N3O4S/c1-10-12(11(2)22-18-10)8-23-9-14(19)16-5-6-17-15(20)13-4-3-7-21-13/h3-4,7H,5-6,8-9H2,1-2H3,(H,16,19)(H,17,20). The van der Waals surface area contributed by atoms with Crippen LogP contribution in [0.15, 0.2) is 27.3 Å². The number of rotatable bonds is 8. The third-order valence-electron chi connectivity index (χ3n) is 3.14. The van der Waals surface area contributed by atoms with Gasteiger partial charge in [0.05, 0.1) is 17.7 Å². The number of nitrogens with zero attached hydrogens (tertiary/aromatic N) is 1. The van der Waals surface area contributed by atoms with Gasteiger partial charge in [-0.05, 0) is 26.0 Å². The van der Waals surface area contributed by atoms with Crippen LogP contribution < -0.4 is 10.6 Å². The van der Waals surface area contributed by atoms with Gasteiger partial charge in [-0.1, -0.05) is 5.16 Å². The predicted octanol–water partition coefficient (Wildman–Crippen LogP) is 1.66.